The normalized spacial score (nSPS) is 10.7. The van der Waals surface area contributed by atoms with Crippen molar-refractivity contribution in [1.82, 2.24) is 0 Å². The van der Waals surface area contributed by atoms with Gasteiger partial charge in [-0.2, -0.15) is 0 Å². The van der Waals surface area contributed by atoms with Crippen molar-refractivity contribution >= 4 is 28.9 Å². The molecule has 1 amide bonds. The Morgan fingerprint density at radius 2 is 1.86 bits per heavy atom. The van der Waals surface area contributed by atoms with Crippen molar-refractivity contribution in [2.75, 3.05) is 5.32 Å². The minimum Gasteiger partial charge on any atom is -0.477 e. The minimum atomic E-state index is -1.03. The number of thiophene rings is 1. The Balaban J connectivity index is 2.37. The second kappa shape index (κ2) is 6.75. The Labute approximate surface area is 133 Å². The van der Waals surface area contributed by atoms with Gasteiger partial charge in [-0.1, -0.05) is 45.0 Å². The predicted molar refractivity (Wildman–Crippen MR) is 89.6 cm³/mol. The number of carboxylic acids is 1. The number of carbonyl (C=O) groups excluding carboxylic acids is 1. The standard InChI is InChI=1S/C17H19NO3S/c1-4-11-5-7-12(8-6-11)14-9-13(15(22-14)17(20)21)18-16(19)10(2)3/h5-10H,4H2,1-3H3,(H,18,19)(H,20,21). The molecular formula is C17H19NO3S. The van der Waals surface area contributed by atoms with Crippen LogP contribution in [0.2, 0.25) is 0 Å². The number of aromatic carboxylic acids is 1. The molecule has 2 N–H and O–H groups in total. The molecule has 22 heavy (non-hydrogen) atoms. The summed E-state index contributed by atoms with van der Waals surface area (Å²) in [6, 6.07) is 9.74. The Morgan fingerprint density at radius 3 is 2.36 bits per heavy atom. The van der Waals surface area contributed by atoms with Crippen LogP contribution in [0, 0.1) is 5.92 Å². The highest BCUT2D eigenvalue weighted by molar-refractivity contribution is 7.18. The highest BCUT2D eigenvalue weighted by Gasteiger charge is 2.19. The van der Waals surface area contributed by atoms with Gasteiger partial charge in [-0.05, 0) is 23.6 Å². The van der Waals surface area contributed by atoms with Gasteiger partial charge in [-0.3, -0.25) is 4.79 Å². The maximum Gasteiger partial charge on any atom is 0.348 e. The van der Waals surface area contributed by atoms with E-state index in [-0.39, 0.29) is 16.7 Å². The van der Waals surface area contributed by atoms with E-state index in [9.17, 15) is 14.7 Å². The second-order valence-corrected chi connectivity index (χ2v) is 6.41. The molecule has 1 heterocycles. The average molecular weight is 317 g/mol. The van der Waals surface area contributed by atoms with E-state index in [0.717, 1.165) is 16.9 Å². The zero-order valence-electron chi connectivity index (χ0n) is 12.8. The highest BCUT2D eigenvalue weighted by Crippen LogP contribution is 2.35. The molecule has 0 saturated carbocycles. The smallest absolute Gasteiger partial charge is 0.348 e. The number of hydrogen-bond acceptors (Lipinski definition) is 3. The van der Waals surface area contributed by atoms with Crippen LogP contribution < -0.4 is 5.32 Å². The summed E-state index contributed by atoms with van der Waals surface area (Å²) in [6.45, 7) is 5.63. The van der Waals surface area contributed by atoms with Gasteiger partial charge in [-0.25, -0.2) is 4.79 Å². The first kappa shape index (κ1) is 16.2. The molecule has 1 aromatic carbocycles. The van der Waals surface area contributed by atoms with Crippen LogP contribution in [-0.2, 0) is 11.2 Å². The van der Waals surface area contributed by atoms with Crippen molar-refractivity contribution in [3.05, 3.63) is 40.8 Å². The lowest BCUT2D eigenvalue weighted by atomic mass is 10.1. The van der Waals surface area contributed by atoms with Crippen molar-refractivity contribution in [1.29, 1.82) is 0 Å². The van der Waals surface area contributed by atoms with Crippen molar-refractivity contribution in [2.45, 2.75) is 27.2 Å². The number of anilines is 1. The van der Waals surface area contributed by atoms with E-state index < -0.39 is 5.97 Å². The average Bonchev–Trinajstić information content (AvgIpc) is 2.91. The van der Waals surface area contributed by atoms with Crippen LogP contribution in [0.25, 0.3) is 10.4 Å². The Hall–Kier alpha value is -2.14. The monoisotopic (exact) mass is 317 g/mol. The maximum atomic E-state index is 11.8. The number of carboxylic acid groups (broad SMARTS) is 1. The molecule has 0 spiro atoms. The van der Waals surface area contributed by atoms with Crippen molar-refractivity contribution < 1.29 is 14.7 Å². The van der Waals surface area contributed by atoms with Crippen LogP contribution in [0.3, 0.4) is 0 Å². The third kappa shape index (κ3) is 3.54. The van der Waals surface area contributed by atoms with E-state index in [1.807, 2.05) is 24.3 Å². The molecule has 5 heteroatoms. The first-order valence-electron chi connectivity index (χ1n) is 7.19. The van der Waals surface area contributed by atoms with E-state index in [1.165, 1.54) is 16.9 Å². The molecule has 2 rings (SSSR count). The fourth-order valence-electron chi connectivity index (χ4n) is 1.97. The SMILES string of the molecule is CCc1ccc(-c2cc(NC(=O)C(C)C)c(C(=O)O)s2)cc1. The molecule has 0 atom stereocenters. The van der Waals surface area contributed by atoms with Gasteiger partial charge < -0.3 is 10.4 Å². The first-order valence-corrected chi connectivity index (χ1v) is 8.01. The number of benzene rings is 1. The van der Waals surface area contributed by atoms with Crippen molar-refractivity contribution in [3.63, 3.8) is 0 Å². The van der Waals surface area contributed by atoms with Gasteiger partial charge in [0.05, 0.1) is 5.69 Å². The van der Waals surface area contributed by atoms with E-state index in [0.29, 0.717) is 5.69 Å². The van der Waals surface area contributed by atoms with Crippen LogP contribution in [-0.4, -0.2) is 17.0 Å². The summed E-state index contributed by atoms with van der Waals surface area (Å²) in [5, 5.41) is 12.0. The molecule has 0 saturated heterocycles. The molecule has 2 aromatic rings. The molecule has 0 radical (unpaired) electrons. The molecule has 0 unspecified atom stereocenters. The number of hydrogen-bond donors (Lipinski definition) is 2. The zero-order chi connectivity index (χ0) is 16.3. The van der Waals surface area contributed by atoms with Crippen LogP contribution >= 0.6 is 11.3 Å². The molecule has 0 fully saturated rings. The van der Waals surface area contributed by atoms with Crippen LogP contribution in [0.1, 0.15) is 36.0 Å². The largest absolute Gasteiger partial charge is 0.477 e. The van der Waals surface area contributed by atoms with Gasteiger partial charge in [0.25, 0.3) is 0 Å². The van der Waals surface area contributed by atoms with Gasteiger partial charge in [-0.15, -0.1) is 11.3 Å². The number of aryl methyl sites for hydroxylation is 1. The van der Waals surface area contributed by atoms with Crippen molar-refractivity contribution in [3.8, 4) is 10.4 Å². The molecule has 0 aliphatic rings. The topological polar surface area (TPSA) is 66.4 Å². The van der Waals surface area contributed by atoms with Crippen LogP contribution in [0.5, 0.6) is 0 Å². The molecular weight excluding hydrogens is 298 g/mol. The molecule has 0 aliphatic carbocycles. The first-order chi connectivity index (χ1) is 10.4. The Kier molecular flexibility index (Phi) is 4.98. The molecule has 1 aromatic heterocycles. The molecule has 0 bridgehead atoms. The number of rotatable bonds is 5. The summed E-state index contributed by atoms with van der Waals surface area (Å²) in [7, 11) is 0. The van der Waals surface area contributed by atoms with E-state index in [4.69, 9.17) is 0 Å². The lowest BCUT2D eigenvalue weighted by molar-refractivity contribution is -0.118. The summed E-state index contributed by atoms with van der Waals surface area (Å²) >= 11 is 1.17. The van der Waals surface area contributed by atoms with Gasteiger partial charge in [0.15, 0.2) is 0 Å². The van der Waals surface area contributed by atoms with Crippen molar-refractivity contribution in [2.24, 2.45) is 5.92 Å². The third-order valence-corrected chi connectivity index (χ3v) is 4.53. The summed E-state index contributed by atoms with van der Waals surface area (Å²) in [5.74, 6) is -1.41. The van der Waals surface area contributed by atoms with E-state index >= 15 is 0 Å². The molecule has 0 aliphatic heterocycles. The summed E-state index contributed by atoms with van der Waals surface area (Å²) in [5.41, 5.74) is 2.55. The zero-order valence-corrected chi connectivity index (χ0v) is 13.7. The Morgan fingerprint density at radius 1 is 1.23 bits per heavy atom. The van der Waals surface area contributed by atoms with Crippen LogP contribution in [0.15, 0.2) is 30.3 Å². The number of carbonyl (C=O) groups is 2. The molecule has 116 valence electrons. The molecule has 4 nitrogen and oxygen atoms in total. The van der Waals surface area contributed by atoms with E-state index in [2.05, 4.69) is 12.2 Å². The summed E-state index contributed by atoms with van der Waals surface area (Å²) in [6.07, 6.45) is 0.959. The van der Waals surface area contributed by atoms with Gasteiger partial charge >= 0.3 is 5.97 Å². The second-order valence-electron chi connectivity index (χ2n) is 5.35. The highest BCUT2D eigenvalue weighted by atomic mass is 32.1. The number of amides is 1. The fourth-order valence-corrected chi connectivity index (χ4v) is 2.92. The van der Waals surface area contributed by atoms with Gasteiger partial charge in [0.1, 0.15) is 4.88 Å². The lowest BCUT2D eigenvalue weighted by Crippen LogP contribution is -2.18. The summed E-state index contributed by atoms with van der Waals surface area (Å²) < 4.78 is 0. The summed E-state index contributed by atoms with van der Waals surface area (Å²) in [4.78, 5) is 24.2. The fraction of sp³-hybridized carbons (Fsp3) is 0.294. The van der Waals surface area contributed by atoms with E-state index in [1.54, 1.807) is 19.9 Å². The minimum absolute atomic E-state index is 0.156. The number of nitrogens with one attached hydrogen (secondary N) is 1. The quantitative estimate of drug-likeness (QED) is 0.865. The van der Waals surface area contributed by atoms with Gasteiger partial charge in [0, 0.05) is 10.8 Å². The predicted octanol–water partition coefficient (Wildman–Crippen LogP) is 4.27. The maximum absolute atomic E-state index is 11.8. The van der Waals surface area contributed by atoms with Gasteiger partial charge in [0.2, 0.25) is 5.91 Å². The Bertz CT molecular complexity index is 686. The lowest BCUT2D eigenvalue weighted by Gasteiger charge is -2.06. The van der Waals surface area contributed by atoms with Crippen LogP contribution in [0.4, 0.5) is 5.69 Å². The third-order valence-electron chi connectivity index (χ3n) is 3.36.